The lowest BCUT2D eigenvalue weighted by atomic mass is 10.3. The first-order valence-electron chi connectivity index (χ1n) is 5.79. The molecule has 0 aliphatic rings. The first kappa shape index (κ1) is 13.6. The zero-order valence-corrected chi connectivity index (χ0v) is 11.0. The number of aromatic nitrogens is 1. The maximum atomic E-state index is 11.0. The van der Waals surface area contributed by atoms with E-state index in [0.717, 1.165) is 0 Å². The molecule has 0 bridgehead atoms. The fraction of sp³-hybridized carbons (Fsp3) is 0.154. The predicted molar refractivity (Wildman–Crippen MR) is 73.5 cm³/mol. The van der Waals surface area contributed by atoms with Crippen molar-refractivity contribution in [2.24, 2.45) is 0 Å². The minimum absolute atomic E-state index is 0.0740. The van der Waals surface area contributed by atoms with Gasteiger partial charge in [-0.1, -0.05) is 6.07 Å². The SMILES string of the molecule is CNc1ccc([N+](=O)[O-])c(Oc2cccc(OC)c2)n1. The summed E-state index contributed by atoms with van der Waals surface area (Å²) >= 11 is 0. The molecule has 1 aromatic heterocycles. The van der Waals surface area contributed by atoms with Crippen molar-refractivity contribution >= 4 is 11.5 Å². The van der Waals surface area contributed by atoms with Crippen LogP contribution in [0.25, 0.3) is 0 Å². The van der Waals surface area contributed by atoms with Crippen LogP contribution in [-0.2, 0) is 0 Å². The van der Waals surface area contributed by atoms with Crippen molar-refractivity contribution in [3.8, 4) is 17.4 Å². The number of nitro groups is 1. The molecule has 0 atom stereocenters. The van der Waals surface area contributed by atoms with E-state index in [1.165, 1.54) is 19.2 Å². The van der Waals surface area contributed by atoms with Gasteiger partial charge >= 0.3 is 11.6 Å². The number of pyridine rings is 1. The summed E-state index contributed by atoms with van der Waals surface area (Å²) < 4.78 is 10.6. The van der Waals surface area contributed by atoms with Crippen molar-refractivity contribution in [2.45, 2.75) is 0 Å². The standard InChI is InChI=1S/C13H13N3O4/c1-14-12-7-6-11(16(17)18)13(15-12)20-10-5-3-4-9(8-10)19-2/h3-8H,1-2H3,(H,14,15). The number of ether oxygens (including phenoxy) is 2. The van der Waals surface area contributed by atoms with Crippen LogP contribution in [0, 0.1) is 10.1 Å². The lowest BCUT2D eigenvalue weighted by Gasteiger charge is -2.08. The summed E-state index contributed by atoms with van der Waals surface area (Å²) in [6.45, 7) is 0. The Morgan fingerprint density at radius 1 is 1.25 bits per heavy atom. The Hall–Kier alpha value is -2.83. The van der Waals surface area contributed by atoms with Crippen molar-refractivity contribution in [3.05, 3.63) is 46.5 Å². The number of benzene rings is 1. The van der Waals surface area contributed by atoms with E-state index in [2.05, 4.69) is 10.3 Å². The van der Waals surface area contributed by atoms with E-state index in [4.69, 9.17) is 9.47 Å². The molecule has 7 nitrogen and oxygen atoms in total. The highest BCUT2D eigenvalue weighted by atomic mass is 16.6. The quantitative estimate of drug-likeness (QED) is 0.667. The van der Waals surface area contributed by atoms with Gasteiger partial charge in [0.2, 0.25) is 0 Å². The zero-order chi connectivity index (χ0) is 14.5. The van der Waals surface area contributed by atoms with Gasteiger partial charge in [-0.3, -0.25) is 10.1 Å². The highest BCUT2D eigenvalue weighted by molar-refractivity contribution is 5.50. The van der Waals surface area contributed by atoms with Gasteiger partial charge in [-0.05, 0) is 18.2 Å². The average molecular weight is 275 g/mol. The summed E-state index contributed by atoms with van der Waals surface area (Å²) in [7, 11) is 3.20. The molecule has 2 rings (SSSR count). The number of nitrogens with one attached hydrogen (secondary N) is 1. The molecule has 0 radical (unpaired) electrons. The molecule has 104 valence electrons. The first-order chi connectivity index (χ1) is 9.63. The normalized spacial score (nSPS) is 9.90. The molecule has 0 fully saturated rings. The molecule has 1 heterocycles. The van der Waals surface area contributed by atoms with Crippen LogP contribution in [0.15, 0.2) is 36.4 Å². The van der Waals surface area contributed by atoms with Gasteiger partial charge < -0.3 is 14.8 Å². The lowest BCUT2D eigenvalue weighted by molar-refractivity contribution is -0.386. The summed E-state index contributed by atoms with van der Waals surface area (Å²) in [6, 6.07) is 9.61. The first-order valence-corrected chi connectivity index (χ1v) is 5.79. The van der Waals surface area contributed by atoms with Gasteiger partial charge in [0.1, 0.15) is 17.3 Å². The fourth-order valence-electron chi connectivity index (χ4n) is 1.56. The van der Waals surface area contributed by atoms with E-state index in [-0.39, 0.29) is 11.6 Å². The van der Waals surface area contributed by atoms with Crippen molar-refractivity contribution in [2.75, 3.05) is 19.5 Å². The van der Waals surface area contributed by atoms with E-state index in [1.807, 2.05) is 0 Å². The molecule has 1 N–H and O–H groups in total. The molecule has 0 unspecified atom stereocenters. The maximum absolute atomic E-state index is 11.0. The van der Waals surface area contributed by atoms with Crippen LogP contribution in [0.5, 0.6) is 17.4 Å². The van der Waals surface area contributed by atoms with Crippen LogP contribution in [-0.4, -0.2) is 24.1 Å². The molecule has 0 saturated heterocycles. The van der Waals surface area contributed by atoms with Gasteiger partial charge in [0.25, 0.3) is 0 Å². The Kier molecular flexibility index (Phi) is 3.99. The summed E-state index contributed by atoms with van der Waals surface area (Å²) in [4.78, 5) is 14.5. The van der Waals surface area contributed by atoms with E-state index >= 15 is 0 Å². The Balaban J connectivity index is 2.37. The van der Waals surface area contributed by atoms with E-state index in [9.17, 15) is 10.1 Å². The van der Waals surface area contributed by atoms with Crippen molar-refractivity contribution in [3.63, 3.8) is 0 Å². The lowest BCUT2D eigenvalue weighted by Crippen LogP contribution is -1.99. The molecule has 0 saturated carbocycles. The molecule has 0 amide bonds. The van der Waals surface area contributed by atoms with Crippen LogP contribution >= 0.6 is 0 Å². The minimum atomic E-state index is -0.540. The highest BCUT2D eigenvalue weighted by Gasteiger charge is 2.18. The Bertz CT molecular complexity index is 631. The molecular weight excluding hydrogens is 262 g/mol. The third-order valence-corrected chi connectivity index (χ3v) is 2.55. The monoisotopic (exact) mass is 275 g/mol. The number of anilines is 1. The molecule has 0 aliphatic heterocycles. The third-order valence-electron chi connectivity index (χ3n) is 2.55. The summed E-state index contributed by atoms with van der Waals surface area (Å²) in [5.74, 6) is 1.41. The molecule has 2 aromatic rings. The second-order valence-electron chi connectivity index (χ2n) is 3.81. The zero-order valence-electron chi connectivity index (χ0n) is 11.0. The molecule has 0 spiro atoms. The van der Waals surface area contributed by atoms with Crippen molar-refractivity contribution in [1.82, 2.24) is 4.98 Å². The average Bonchev–Trinajstić information content (AvgIpc) is 2.47. The topological polar surface area (TPSA) is 86.5 Å². The van der Waals surface area contributed by atoms with Gasteiger partial charge in [0.15, 0.2) is 0 Å². The Morgan fingerprint density at radius 2 is 2.00 bits per heavy atom. The molecule has 1 aromatic carbocycles. The minimum Gasteiger partial charge on any atom is -0.497 e. The Morgan fingerprint density at radius 3 is 2.65 bits per heavy atom. The number of methoxy groups -OCH3 is 1. The number of rotatable bonds is 5. The number of nitrogens with zero attached hydrogens (tertiary/aromatic N) is 2. The van der Waals surface area contributed by atoms with Crippen LogP contribution in [0.3, 0.4) is 0 Å². The van der Waals surface area contributed by atoms with E-state index in [1.54, 1.807) is 31.3 Å². The molecule has 20 heavy (non-hydrogen) atoms. The maximum Gasteiger partial charge on any atom is 0.331 e. The molecular formula is C13H13N3O4. The Labute approximate surface area is 115 Å². The van der Waals surface area contributed by atoms with Gasteiger partial charge in [-0.2, -0.15) is 4.98 Å². The van der Waals surface area contributed by atoms with Gasteiger partial charge in [0, 0.05) is 19.2 Å². The highest BCUT2D eigenvalue weighted by Crippen LogP contribution is 2.31. The smallest absolute Gasteiger partial charge is 0.331 e. The van der Waals surface area contributed by atoms with Gasteiger partial charge in [0.05, 0.1) is 12.0 Å². The third kappa shape index (κ3) is 2.94. The van der Waals surface area contributed by atoms with Crippen molar-refractivity contribution in [1.29, 1.82) is 0 Å². The number of hydrogen-bond acceptors (Lipinski definition) is 6. The van der Waals surface area contributed by atoms with Gasteiger partial charge in [-0.15, -0.1) is 0 Å². The molecule has 0 aliphatic carbocycles. The summed E-state index contributed by atoms with van der Waals surface area (Å²) in [5, 5.41) is 13.8. The van der Waals surface area contributed by atoms with Crippen LogP contribution < -0.4 is 14.8 Å². The van der Waals surface area contributed by atoms with E-state index in [0.29, 0.717) is 17.3 Å². The largest absolute Gasteiger partial charge is 0.497 e. The fourth-order valence-corrected chi connectivity index (χ4v) is 1.56. The number of hydrogen-bond donors (Lipinski definition) is 1. The van der Waals surface area contributed by atoms with Crippen LogP contribution in [0.4, 0.5) is 11.5 Å². The summed E-state index contributed by atoms with van der Waals surface area (Å²) in [5.41, 5.74) is -0.202. The van der Waals surface area contributed by atoms with Crippen LogP contribution in [0.2, 0.25) is 0 Å². The van der Waals surface area contributed by atoms with Gasteiger partial charge in [-0.25, -0.2) is 0 Å². The van der Waals surface area contributed by atoms with Crippen LogP contribution in [0.1, 0.15) is 0 Å². The second-order valence-corrected chi connectivity index (χ2v) is 3.81. The van der Waals surface area contributed by atoms with Crippen molar-refractivity contribution < 1.29 is 14.4 Å². The predicted octanol–water partition coefficient (Wildman–Crippen LogP) is 2.83. The molecule has 7 heteroatoms. The summed E-state index contributed by atoms with van der Waals surface area (Å²) in [6.07, 6.45) is 0. The second kappa shape index (κ2) is 5.87. The van der Waals surface area contributed by atoms with E-state index < -0.39 is 4.92 Å².